The highest BCUT2D eigenvalue weighted by molar-refractivity contribution is 6.03. The molecule has 0 fully saturated rings. The number of hydrogen-bond acceptors (Lipinski definition) is 4. The van der Waals surface area contributed by atoms with Gasteiger partial charge in [0.15, 0.2) is 5.78 Å². The van der Waals surface area contributed by atoms with E-state index in [4.69, 9.17) is 4.74 Å². The van der Waals surface area contributed by atoms with E-state index in [1.807, 2.05) is 30.3 Å². The molecule has 0 bridgehead atoms. The van der Waals surface area contributed by atoms with Crippen LogP contribution >= 0.6 is 0 Å². The number of carbonyl (C=O) groups is 1. The lowest BCUT2D eigenvalue weighted by atomic mass is 9.97. The van der Waals surface area contributed by atoms with Crippen LogP contribution in [0, 0.1) is 12.8 Å². The van der Waals surface area contributed by atoms with Gasteiger partial charge in [-0.1, -0.05) is 44.2 Å². The third-order valence-corrected chi connectivity index (χ3v) is 3.49. The lowest BCUT2D eigenvalue weighted by Gasteiger charge is -2.15. The number of rotatable bonds is 5. The Kier molecular flexibility index (Phi) is 4.71. The zero-order valence-corrected chi connectivity index (χ0v) is 13.0. The van der Waals surface area contributed by atoms with Gasteiger partial charge in [-0.05, 0) is 12.5 Å². The molecule has 0 unspecified atom stereocenters. The van der Waals surface area contributed by atoms with Crippen LogP contribution in [-0.4, -0.2) is 16.0 Å². The Morgan fingerprint density at radius 1 is 1.18 bits per heavy atom. The fourth-order valence-electron chi connectivity index (χ4n) is 2.15. The van der Waals surface area contributed by atoms with Gasteiger partial charge in [-0.25, -0.2) is 0 Å². The summed E-state index contributed by atoms with van der Waals surface area (Å²) in [7, 11) is 0. The summed E-state index contributed by atoms with van der Waals surface area (Å²) in [5.41, 5.74) is 1.38. The van der Waals surface area contributed by atoms with Crippen molar-refractivity contribution in [2.24, 2.45) is 5.92 Å². The van der Waals surface area contributed by atoms with E-state index in [-0.39, 0.29) is 28.8 Å². The Bertz CT molecular complexity index is 675. The molecule has 0 heterocycles. The van der Waals surface area contributed by atoms with Gasteiger partial charge in [0.2, 0.25) is 0 Å². The number of phenolic OH excluding ortho intramolecular Hbond substituents is 2. The highest BCUT2D eigenvalue weighted by atomic mass is 16.5. The van der Waals surface area contributed by atoms with Gasteiger partial charge >= 0.3 is 0 Å². The minimum Gasteiger partial charge on any atom is -0.507 e. The van der Waals surface area contributed by atoms with Crippen LogP contribution in [0.5, 0.6) is 17.2 Å². The molecule has 0 aliphatic heterocycles. The molecule has 2 aromatic rings. The molecular formula is C18H20O4. The molecule has 0 atom stereocenters. The summed E-state index contributed by atoms with van der Waals surface area (Å²) in [4.78, 5) is 12.1. The van der Waals surface area contributed by atoms with Crippen LogP contribution in [0.3, 0.4) is 0 Å². The molecule has 22 heavy (non-hydrogen) atoms. The summed E-state index contributed by atoms with van der Waals surface area (Å²) >= 11 is 0. The van der Waals surface area contributed by atoms with E-state index >= 15 is 0 Å². The lowest BCUT2D eigenvalue weighted by Crippen LogP contribution is -2.09. The number of ketones is 1. The summed E-state index contributed by atoms with van der Waals surface area (Å²) in [6.45, 7) is 5.41. The smallest absolute Gasteiger partial charge is 0.172 e. The summed E-state index contributed by atoms with van der Waals surface area (Å²) in [5.74, 6) is -0.731. The predicted molar refractivity (Wildman–Crippen MR) is 84.5 cm³/mol. The van der Waals surface area contributed by atoms with Gasteiger partial charge in [-0.15, -0.1) is 0 Å². The first-order valence-electron chi connectivity index (χ1n) is 7.18. The van der Waals surface area contributed by atoms with Crippen molar-refractivity contribution in [3.8, 4) is 17.2 Å². The second-order valence-electron chi connectivity index (χ2n) is 5.54. The second kappa shape index (κ2) is 6.52. The number of benzene rings is 2. The Morgan fingerprint density at radius 3 is 2.41 bits per heavy atom. The molecule has 0 aliphatic rings. The van der Waals surface area contributed by atoms with Gasteiger partial charge in [0.05, 0.1) is 0 Å². The molecule has 116 valence electrons. The quantitative estimate of drug-likeness (QED) is 0.824. The van der Waals surface area contributed by atoms with Crippen molar-refractivity contribution in [2.75, 3.05) is 0 Å². The number of ether oxygens (including phenoxy) is 1. The monoisotopic (exact) mass is 300 g/mol. The van der Waals surface area contributed by atoms with Gasteiger partial charge in [-0.3, -0.25) is 4.79 Å². The van der Waals surface area contributed by atoms with E-state index in [1.165, 1.54) is 6.07 Å². The van der Waals surface area contributed by atoms with Gasteiger partial charge in [0.25, 0.3) is 0 Å². The number of hydrogen-bond donors (Lipinski definition) is 2. The van der Waals surface area contributed by atoms with Crippen molar-refractivity contribution in [2.45, 2.75) is 27.4 Å². The Balaban J connectivity index is 2.29. The molecule has 4 heteroatoms. The van der Waals surface area contributed by atoms with E-state index in [0.717, 1.165) is 5.56 Å². The van der Waals surface area contributed by atoms with E-state index in [9.17, 15) is 15.0 Å². The summed E-state index contributed by atoms with van der Waals surface area (Å²) < 4.78 is 5.65. The Hall–Kier alpha value is -2.49. The first kappa shape index (κ1) is 15.9. The topological polar surface area (TPSA) is 66.8 Å². The largest absolute Gasteiger partial charge is 0.507 e. The van der Waals surface area contributed by atoms with Crippen LogP contribution in [0.4, 0.5) is 0 Å². The standard InChI is InChI=1S/C18H20O4/c1-11(2)17(20)16-14(19)9-15(12(3)18(16)21)22-10-13-7-5-4-6-8-13/h4-9,11,19,21H,10H2,1-3H3. The maximum atomic E-state index is 12.1. The first-order chi connectivity index (χ1) is 10.4. The van der Waals surface area contributed by atoms with E-state index in [1.54, 1.807) is 20.8 Å². The van der Waals surface area contributed by atoms with Crippen molar-refractivity contribution in [3.05, 3.63) is 53.1 Å². The molecule has 2 N–H and O–H groups in total. The van der Waals surface area contributed by atoms with E-state index in [0.29, 0.717) is 17.9 Å². The number of carbonyl (C=O) groups excluding carboxylic acids is 1. The van der Waals surface area contributed by atoms with Crippen LogP contribution in [0.2, 0.25) is 0 Å². The van der Waals surface area contributed by atoms with Crippen molar-refractivity contribution >= 4 is 5.78 Å². The summed E-state index contributed by atoms with van der Waals surface area (Å²) in [6, 6.07) is 11.0. The highest BCUT2D eigenvalue weighted by Gasteiger charge is 2.23. The van der Waals surface area contributed by atoms with Crippen LogP contribution in [0.25, 0.3) is 0 Å². The van der Waals surface area contributed by atoms with Gasteiger partial charge in [-0.2, -0.15) is 0 Å². The average molecular weight is 300 g/mol. The van der Waals surface area contributed by atoms with E-state index < -0.39 is 0 Å². The fourth-order valence-corrected chi connectivity index (χ4v) is 2.15. The minimum absolute atomic E-state index is 0.0421. The predicted octanol–water partition coefficient (Wildman–Crippen LogP) is 3.82. The number of phenols is 2. The maximum Gasteiger partial charge on any atom is 0.172 e. The van der Waals surface area contributed by atoms with Crippen molar-refractivity contribution < 1.29 is 19.7 Å². The summed E-state index contributed by atoms with van der Waals surface area (Å²) in [5, 5.41) is 20.3. The highest BCUT2D eigenvalue weighted by Crippen LogP contribution is 2.38. The third-order valence-electron chi connectivity index (χ3n) is 3.49. The minimum atomic E-state index is -0.313. The first-order valence-corrected chi connectivity index (χ1v) is 7.18. The molecule has 0 saturated heterocycles. The van der Waals surface area contributed by atoms with Crippen LogP contribution in [0.15, 0.2) is 36.4 Å². The number of aromatic hydroxyl groups is 2. The fraction of sp³-hybridized carbons (Fsp3) is 0.278. The number of Topliss-reactive ketones (excluding diaryl/α,β-unsaturated/α-hetero) is 1. The van der Waals surface area contributed by atoms with Gasteiger partial charge in [0.1, 0.15) is 29.4 Å². The molecule has 4 nitrogen and oxygen atoms in total. The normalized spacial score (nSPS) is 10.7. The molecule has 0 amide bonds. The molecule has 0 aromatic heterocycles. The molecule has 2 rings (SSSR count). The zero-order chi connectivity index (χ0) is 16.3. The second-order valence-corrected chi connectivity index (χ2v) is 5.54. The third kappa shape index (κ3) is 3.22. The van der Waals surface area contributed by atoms with Gasteiger partial charge < -0.3 is 14.9 Å². The van der Waals surface area contributed by atoms with Crippen LogP contribution in [-0.2, 0) is 6.61 Å². The van der Waals surface area contributed by atoms with Crippen LogP contribution < -0.4 is 4.74 Å². The molecule has 0 spiro atoms. The Morgan fingerprint density at radius 2 is 1.82 bits per heavy atom. The molecular weight excluding hydrogens is 280 g/mol. The SMILES string of the molecule is Cc1c(OCc2ccccc2)cc(O)c(C(=O)C(C)C)c1O. The van der Waals surface area contributed by atoms with Crippen molar-refractivity contribution in [1.29, 1.82) is 0 Å². The summed E-state index contributed by atoms with van der Waals surface area (Å²) in [6.07, 6.45) is 0. The van der Waals surface area contributed by atoms with Crippen LogP contribution in [0.1, 0.15) is 35.3 Å². The van der Waals surface area contributed by atoms with Gasteiger partial charge in [0, 0.05) is 17.5 Å². The molecule has 0 aliphatic carbocycles. The zero-order valence-electron chi connectivity index (χ0n) is 13.0. The maximum absolute atomic E-state index is 12.1. The van der Waals surface area contributed by atoms with Crippen molar-refractivity contribution in [3.63, 3.8) is 0 Å². The van der Waals surface area contributed by atoms with Crippen molar-refractivity contribution in [1.82, 2.24) is 0 Å². The van der Waals surface area contributed by atoms with E-state index in [2.05, 4.69) is 0 Å². The molecule has 0 radical (unpaired) electrons. The lowest BCUT2D eigenvalue weighted by molar-refractivity contribution is 0.0933. The average Bonchev–Trinajstić information content (AvgIpc) is 2.50. The molecule has 0 saturated carbocycles. The molecule has 2 aromatic carbocycles. The Labute approximate surface area is 130 Å².